The number of benzene rings is 1. The van der Waals surface area contributed by atoms with E-state index in [1.54, 1.807) is 13.8 Å². The summed E-state index contributed by atoms with van der Waals surface area (Å²) in [5, 5.41) is 2.86. The van der Waals surface area contributed by atoms with E-state index >= 15 is 0 Å². The molecule has 2 unspecified atom stereocenters. The molecule has 1 heterocycles. The van der Waals surface area contributed by atoms with Crippen LogP contribution in [-0.2, 0) is 9.59 Å². The quantitative estimate of drug-likeness (QED) is 0.906. The molecule has 1 aliphatic carbocycles. The van der Waals surface area contributed by atoms with E-state index in [-0.39, 0.29) is 23.3 Å². The topological polar surface area (TPSA) is 49.4 Å². The molecule has 0 spiro atoms. The van der Waals surface area contributed by atoms with Crippen LogP contribution in [0.5, 0.6) is 0 Å². The average molecular weight is 286 g/mol. The SMILES string of the molecule is CC1(C)NC(=O)C(c2ccccc2)N(C2CC2(C)C)C1=O. The molecular weight excluding hydrogens is 264 g/mol. The highest BCUT2D eigenvalue weighted by Crippen LogP contribution is 2.52. The largest absolute Gasteiger partial charge is 0.340 e. The second-order valence-electron chi connectivity index (χ2n) is 7.35. The number of hydrogen-bond acceptors (Lipinski definition) is 2. The van der Waals surface area contributed by atoms with Crippen LogP contribution in [0.3, 0.4) is 0 Å². The van der Waals surface area contributed by atoms with Crippen LogP contribution in [0.15, 0.2) is 30.3 Å². The minimum atomic E-state index is -0.832. The molecule has 4 heteroatoms. The van der Waals surface area contributed by atoms with E-state index in [4.69, 9.17) is 0 Å². The smallest absolute Gasteiger partial charge is 0.248 e. The molecule has 21 heavy (non-hydrogen) atoms. The van der Waals surface area contributed by atoms with Gasteiger partial charge in [0, 0.05) is 6.04 Å². The van der Waals surface area contributed by atoms with Gasteiger partial charge in [0.05, 0.1) is 0 Å². The second-order valence-corrected chi connectivity index (χ2v) is 7.35. The molecule has 2 amide bonds. The van der Waals surface area contributed by atoms with Gasteiger partial charge >= 0.3 is 0 Å². The van der Waals surface area contributed by atoms with Gasteiger partial charge in [-0.25, -0.2) is 0 Å². The summed E-state index contributed by atoms with van der Waals surface area (Å²) in [6, 6.07) is 9.18. The van der Waals surface area contributed by atoms with Gasteiger partial charge < -0.3 is 10.2 Å². The summed E-state index contributed by atoms with van der Waals surface area (Å²) < 4.78 is 0. The van der Waals surface area contributed by atoms with Crippen LogP contribution in [0.4, 0.5) is 0 Å². The maximum atomic E-state index is 12.9. The van der Waals surface area contributed by atoms with Gasteiger partial charge in [-0.2, -0.15) is 0 Å². The lowest BCUT2D eigenvalue weighted by Crippen LogP contribution is -2.65. The van der Waals surface area contributed by atoms with Gasteiger partial charge in [-0.1, -0.05) is 44.2 Å². The molecule has 1 aromatic carbocycles. The van der Waals surface area contributed by atoms with Crippen LogP contribution in [0, 0.1) is 5.41 Å². The number of carbonyl (C=O) groups is 2. The number of nitrogens with one attached hydrogen (secondary N) is 1. The molecule has 0 aromatic heterocycles. The summed E-state index contributed by atoms with van der Waals surface area (Å²) in [4.78, 5) is 27.3. The molecule has 2 fully saturated rings. The highest BCUT2D eigenvalue weighted by Gasteiger charge is 2.58. The zero-order valence-corrected chi connectivity index (χ0v) is 13.0. The van der Waals surface area contributed by atoms with Crippen molar-refractivity contribution in [1.29, 1.82) is 0 Å². The fraction of sp³-hybridized carbons (Fsp3) is 0.529. The fourth-order valence-electron chi connectivity index (χ4n) is 3.18. The van der Waals surface area contributed by atoms with Crippen LogP contribution in [0.25, 0.3) is 0 Å². The number of nitrogens with zero attached hydrogens (tertiary/aromatic N) is 1. The molecule has 3 rings (SSSR count). The van der Waals surface area contributed by atoms with Crippen molar-refractivity contribution in [2.45, 2.75) is 51.7 Å². The van der Waals surface area contributed by atoms with E-state index in [0.29, 0.717) is 0 Å². The molecule has 2 aliphatic rings. The van der Waals surface area contributed by atoms with Crippen molar-refractivity contribution in [2.75, 3.05) is 0 Å². The van der Waals surface area contributed by atoms with Crippen molar-refractivity contribution in [1.82, 2.24) is 10.2 Å². The Hall–Kier alpha value is -1.84. The van der Waals surface area contributed by atoms with Crippen molar-refractivity contribution < 1.29 is 9.59 Å². The van der Waals surface area contributed by atoms with Crippen LogP contribution in [0.1, 0.15) is 45.7 Å². The summed E-state index contributed by atoms with van der Waals surface area (Å²) in [7, 11) is 0. The van der Waals surface area contributed by atoms with Gasteiger partial charge in [0.2, 0.25) is 11.8 Å². The van der Waals surface area contributed by atoms with E-state index in [1.807, 2.05) is 35.2 Å². The summed E-state index contributed by atoms with van der Waals surface area (Å²) in [6.45, 7) is 7.84. The highest BCUT2D eigenvalue weighted by atomic mass is 16.2. The normalized spacial score (nSPS) is 30.0. The molecule has 1 saturated carbocycles. The lowest BCUT2D eigenvalue weighted by molar-refractivity contribution is -0.155. The monoisotopic (exact) mass is 286 g/mol. The zero-order valence-electron chi connectivity index (χ0n) is 13.0. The Morgan fingerprint density at radius 1 is 1.10 bits per heavy atom. The van der Waals surface area contributed by atoms with E-state index in [0.717, 1.165) is 12.0 Å². The van der Waals surface area contributed by atoms with Crippen molar-refractivity contribution in [3.05, 3.63) is 35.9 Å². The zero-order chi connectivity index (χ0) is 15.4. The molecule has 2 atom stereocenters. The Labute approximate surface area is 125 Å². The van der Waals surface area contributed by atoms with E-state index < -0.39 is 11.6 Å². The first-order valence-electron chi connectivity index (χ1n) is 7.44. The lowest BCUT2D eigenvalue weighted by atomic mass is 9.92. The Morgan fingerprint density at radius 3 is 2.19 bits per heavy atom. The third kappa shape index (κ3) is 2.23. The molecule has 1 saturated heterocycles. The van der Waals surface area contributed by atoms with Gasteiger partial charge in [-0.15, -0.1) is 0 Å². The summed E-state index contributed by atoms with van der Waals surface area (Å²) in [5.74, 6) is -0.0833. The highest BCUT2D eigenvalue weighted by molar-refractivity contribution is 6.00. The van der Waals surface area contributed by atoms with Crippen LogP contribution in [-0.4, -0.2) is 28.3 Å². The Bertz CT molecular complexity index is 592. The van der Waals surface area contributed by atoms with Crippen LogP contribution >= 0.6 is 0 Å². The first-order valence-corrected chi connectivity index (χ1v) is 7.44. The minimum Gasteiger partial charge on any atom is -0.340 e. The van der Waals surface area contributed by atoms with Crippen molar-refractivity contribution in [2.24, 2.45) is 5.41 Å². The minimum absolute atomic E-state index is 0.00604. The average Bonchev–Trinajstić information content (AvgIpc) is 3.02. The predicted molar refractivity (Wildman–Crippen MR) is 80.4 cm³/mol. The van der Waals surface area contributed by atoms with Gasteiger partial charge in [-0.3, -0.25) is 9.59 Å². The maximum Gasteiger partial charge on any atom is 0.248 e. The first kappa shape index (κ1) is 14.1. The van der Waals surface area contributed by atoms with E-state index in [2.05, 4.69) is 19.2 Å². The van der Waals surface area contributed by atoms with Crippen LogP contribution < -0.4 is 5.32 Å². The molecular formula is C17H22N2O2. The maximum absolute atomic E-state index is 12.9. The number of amides is 2. The number of hydrogen-bond donors (Lipinski definition) is 1. The van der Waals surface area contributed by atoms with E-state index in [1.165, 1.54) is 0 Å². The third-order valence-corrected chi connectivity index (χ3v) is 4.64. The standard InChI is InChI=1S/C17H22N2O2/c1-16(2)10-12(16)19-13(11-8-6-5-7-9-11)14(20)18-17(3,4)15(19)21/h5-9,12-13H,10H2,1-4H3,(H,18,20). The number of piperazine rings is 1. The third-order valence-electron chi connectivity index (χ3n) is 4.64. The van der Waals surface area contributed by atoms with Crippen molar-refractivity contribution in [3.8, 4) is 0 Å². The number of carbonyl (C=O) groups excluding carboxylic acids is 2. The molecule has 0 bridgehead atoms. The molecule has 4 nitrogen and oxygen atoms in total. The van der Waals surface area contributed by atoms with Gasteiger partial charge in [-0.05, 0) is 31.2 Å². The Balaban J connectivity index is 2.04. The van der Waals surface area contributed by atoms with Gasteiger partial charge in [0.15, 0.2) is 0 Å². The molecule has 1 aliphatic heterocycles. The van der Waals surface area contributed by atoms with Gasteiger partial charge in [0.1, 0.15) is 11.6 Å². The Morgan fingerprint density at radius 2 is 1.67 bits per heavy atom. The first-order chi connectivity index (χ1) is 9.74. The van der Waals surface area contributed by atoms with Crippen LogP contribution in [0.2, 0.25) is 0 Å². The van der Waals surface area contributed by atoms with E-state index in [9.17, 15) is 9.59 Å². The molecule has 1 aromatic rings. The molecule has 1 N–H and O–H groups in total. The number of rotatable bonds is 2. The molecule has 0 radical (unpaired) electrons. The van der Waals surface area contributed by atoms with Crippen molar-refractivity contribution in [3.63, 3.8) is 0 Å². The van der Waals surface area contributed by atoms with Gasteiger partial charge in [0.25, 0.3) is 0 Å². The Kier molecular flexibility index (Phi) is 2.91. The van der Waals surface area contributed by atoms with Crippen molar-refractivity contribution >= 4 is 11.8 Å². The fourth-order valence-corrected chi connectivity index (χ4v) is 3.18. The predicted octanol–water partition coefficient (Wildman–Crippen LogP) is 2.26. The lowest BCUT2D eigenvalue weighted by Gasteiger charge is -2.44. The summed E-state index contributed by atoms with van der Waals surface area (Å²) >= 11 is 0. The summed E-state index contributed by atoms with van der Waals surface area (Å²) in [5.41, 5.74) is 0.138. The summed E-state index contributed by atoms with van der Waals surface area (Å²) in [6.07, 6.45) is 0.950. The molecule has 112 valence electrons. The second kappa shape index (κ2) is 4.33.